The maximum absolute atomic E-state index is 13.5. The number of halogens is 3. The number of rotatable bonds is 7. The van der Waals surface area contributed by atoms with E-state index in [0.717, 1.165) is 27.4 Å². The van der Waals surface area contributed by atoms with E-state index in [9.17, 15) is 18.7 Å². The second-order valence-electron chi connectivity index (χ2n) is 7.14. The van der Waals surface area contributed by atoms with Crippen LogP contribution >= 0.6 is 22.6 Å². The molecule has 1 aliphatic rings. The van der Waals surface area contributed by atoms with Gasteiger partial charge in [-0.05, 0) is 64.9 Å². The third-order valence-electron chi connectivity index (χ3n) is 4.82. The Labute approximate surface area is 182 Å². The molecule has 1 heterocycles. The zero-order chi connectivity index (χ0) is 21.0. The Morgan fingerprint density at radius 1 is 1.28 bits per heavy atom. The molecule has 0 spiro atoms. The van der Waals surface area contributed by atoms with Crippen molar-refractivity contribution in [1.82, 2.24) is 10.6 Å². The summed E-state index contributed by atoms with van der Waals surface area (Å²) in [4.78, 5) is 11.6. The Bertz CT molecular complexity index is 861. The van der Waals surface area contributed by atoms with Gasteiger partial charge in [-0.15, -0.1) is 0 Å². The molecule has 29 heavy (non-hydrogen) atoms. The maximum Gasteiger partial charge on any atom is 0.217 e. The summed E-state index contributed by atoms with van der Waals surface area (Å²) in [7, 11) is 0. The van der Waals surface area contributed by atoms with E-state index in [1.165, 1.54) is 19.1 Å². The van der Waals surface area contributed by atoms with E-state index in [2.05, 4.69) is 33.2 Å². The highest BCUT2D eigenvalue weighted by Crippen LogP contribution is 2.33. The van der Waals surface area contributed by atoms with Gasteiger partial charge >= 0.3 is 0 Å². The Kier molecular flexibility index (Phi) is 7.42. The smallest absolute Gasteiger partial charge is 0.217 e. The molecule has 3 rings (SSSR count). The van der Waals surface area contributed by atoms with E-state index in [4.69, 9.17) is 4.74 Å². The molecule has 0 radical (unpaired) electrons. The molecule has 0 saturated heterocycles. The number of carbonyl (C=O) groups excluding carboxylic acids is 1. The van der Waals surface area contributed by atoms with Crippen LogP contribution in [-0.4, -0.2) is 36.3 Å². The molecule has 0 bridgehead atoms. The normalized spacial score (nSPS) is 17.8. The van der Waals surface area contributed by atoms with E-state index >= 15 is 0 Å². The topological polar surface area (TPSA) is 70.6 Å². The molecule has 2 aromatic carbocycles. The van der Waals surface area contributed by atoms with Crippen molar-refractivity contribution >= 4 is 28.5 Å². The monoisotopic (exact) mass is 516 g/mol. The average molecular weight is 516 g/mol. The Balaban J connectivity index is 1.68. The van der Waals surface area contributed by atoms with Crippen molar-refractivity contribution in [1.29, 1.82) is 0 Å². The number of aliphatic hydroxyl groups is 1. The van der Waals surface area contributed by atoms with E-state index in [0.29, 0.717) is 12.2 Å². The van der Waals surface area contributed by atoms with E-state index in [1.54, 1.807) is 0 Å². The highest BCUT2D eigenvalue weighted by atomic mass is 127. The SMILES string of the molecule is CC(=O)N[C@@H](Cc1cc(F)cc(F)c1)[C@H](O)CN[C@@H]1CCOc2ccc(I)cc21. The summed E-state index contributed by atoms with van der Waals surface area (Å²) in [6, 6.07) is 8.47. The van der Waals surface area contributed by atoms with Crippen LogP contribution in [-0.2, 0) is 11.2 Å². The lowest BCUT2D eigenvalue weighted by Gasteiger charge is -2.30. The number of ether oxygens (including phenoxy) is 1. The molecule has 0 aliphatic carbocycles. The van der Waals surface area contributed by atoms with Crippen molar-refractivity contribution < 1.29 is 23.4 Å². The third-order valence-corrected chi connectivity index (χ3v) is 5.49. The van der Waals surface area contributed by atoms with Gasteiger partial charge in [0, 0.05) is 41.1 Å². The third kappa shape index (κ3) is 6.10. The number of aliphatic hydroxyl groups excluding tert-OH is 1. The molecule has 3 N–H and O–H groups in total. The molecule has 156 valence electrons. The lowest BCUT2D eigenvalue weighted by atomic mass is 9.98. The zero-order valence-electron chi connectivity index (χ0n) is 15.9. The molecule has 0 fully saturated rings. The lowest BCUT2D eigenvalue weighted by Crippen LogP contribution is -2.48. The zero-order valence-corrected chi connectivity index (χ0v) is 18.1. The van der Waals surface area contributed by atoms with Crippen LogP contribution < -0.4 is 15.4 Å². The molecule has 1 aliphatic heterocycles. The number of fused-ring (bicyclic) bond motifs is 1. The van der Waals surface area contributed by atoms with Gasteiger partial charge in [-0.2, -0.15) is 0 Å². The average Bonchev–Trinajstić information content (AvgIpc) is 2.64. The molecule has 1 amide bonds. The Morgan fingerprint density at radius 2 is 2.00 bits per heavy atom. The minimum Gasteiger partial charge on any atom is -0.493 e. The fourth-order valence-electron chi connectivity index (χ4n) is 3.51. The summed E-state index contributed by atoms with van der Waals surface area (Å²) in [5.41, 5.74) is 1.39. The fourth-order valence-corrected chi connectivity index (χ4v) is 4.02. The van der Waals surface area contributed by atoms with Crippen molar-refractivity contribution in [2.24, 2.45) is 0 Å². The Hall–Kier alpha value is -1.78. The molecule has 2 aromatic rings. The molecule has 3 atom stereocenters. The van der Waals surface area contributed by atoms with Crippen LogP contribution in [0.1, 0.15) is 30.5 Å². The van der Waals surface area contributed by atoms with Gasteiger partial charge in [0.25, 0.3) is 0 Å². The van der Waals surface area contributed by atoms with Crippen LogP contribution in [0.3, 0.4) is 0 Å². The van der Waals surface area contributed by atoms with Crippen LogP contribution in [0.5, 0.6) is 5.75 Å². The number of amides is 1. The van der Waals surface area contributed by atoms with Crippen LogP contribution in [0.2, 0.25) is 0 Å². The number of hydrogen-bond donors (Lipinski definition) is 3. The number of carbonyl (C=O) groups is 1. The van der Waals surface area contributed by atoms with Gasteiger partial charge in [0.15, 0.2) is 0 Å². The van der Waals surface area contributed by atoms with Crippen molar-refractivity contribution in [3.8, 4) is 5.75 Å². The van der Waals surface area contributed by atoms with Gasteiger partial charge < -0.3 is 20.5 Å². The van der Waals surface area contributed by atoms with Crippen LogP contribution in [0.25, 0.3) is 0 Å². The summed E-state index contributed by atoms with van der Waals surface area (Å²) >= 11 is 2.24. The molecule has 0 unspecified atom stereocenters. The van der Waals surface area contributed by atoms with E-state index in [1.807, 2.05) is 18.2 Å². The fraction of sp³-hybridized carbons (Fsp3) is 0.381. The molecular weight excluding hydrogens is 493 g/mol. The first kappa shape index (κ1) is 21.9. The van der Waals surface area contributed by atoms with Crippen LogP contribution in [0.15, 0.2) is 36.4 Å². The summed E-state index contributed by atoms with van der Waals surface area (Å²) < 4.78 is 33.8. The summed E-state index contributed by atoms with van der Waals surface area (Å²) in [6.45, 7) is 2.12. The summed E-state index contributed by atoms with van der Waals surface area (Å²) in [5.74, 6) is -0.889. The van der Waals surface area contributed by atoms with Crippen molar-refractivity contribution in [2.75, 3.05) is 13.2 Å². The highest BCUT2D eigenvalue weighted by molar-refractivity contribution is 14.1. The van der Waals surface area contributed by atoms with E-state index in [-0.39, 0.29) is 24.9 Å². The van der Waals surface area contributed by atoms with Gasteiger partial charge in [0.1, 0.15) is 17.4 Å². The van der Waals surface area contributed by atoms with Crippen LogP contribution in [0.4, 0.5) is 8.78 Å². The molecule has 0 saturated carbocycles. The van der Waals surface area contributed by atoms with Gasteiger partial charge in [0.05, 0.1) is 18.8 Å². The van der Waals surface area contributed by atoms with Crippen molar-refractivity contribution in [3.63, 3.8) is 0 Å². The summed E-state index contributed by atoms with van der Waals surface area (Å²) in [5, 5.41) is 16.7. The molecule has 0 aromatic heterocycles. The van der Waals surface area contributed by atoms with Crippen molar-refractivity contribution in [3.05, 3.63) is 62.7 Å². The first-order valence-corrected chi connectivity index (χ1v) is 10.5. The van der Waals surface area contributed by atoms with Gasteiger partial charge in [-0.3, -0.25) is 4.79 Å². The second kappa shape index (κ2) is 9.82. The highest BCUT2D eigenvalue weighted by Gasteiger charge is 2.25. The summed E-state index contributed by atoms with van der Waals surface area (Å²) in [6.07, 6.45) is -0.0849. The van der Waals surface area contributed by atoms with E-state index < -0.39 is 23.8 Å². The van der Waals surface area contributed by atoms with Gasteiger partial charge in [-0.25, -0.2) is 8.78 Å². The second-order valence-corrected chi connectivity index (χ2v) is 8.38. The van der Waals surface area contributed by atoms with Crippen LogP contribution in [0, 0.1) is 15.2 Å². The van der Waals surface area contributed by atoms with Gasteiger partial charge in [-0.1, -0.05) is 0 Å². The number of hydrogen-bond acceptors (Lipinski definition) is 4. The number of benzene rings is 2. The molecule has 5 nitrogen and oxygen atoms in total. The van der Waals surface area contributed by atoms with Gasteiger partial charge in [0.2, 0.25) is 5.91 Å². The predicted molar refractivity (Wildman–Crippen MR) is 114 cm³/mol. The standard InChI is InChI=1S/C21H23F2IN2O3/c1-12(27)26-19(8-13-6-14(22)9-15(23)7-13)20(28)11-25-18-4-5-29-21-3-2-16(24)10-17(18)21/h2-3,6-7,9-10,18-20,25,28H,4-5,8,11H2,1H3,(H,26,27)/t18-,19+,20-/m1/s1. The quantitative estimate of drug-likeness (QED) is 0.495. The first-order valence-electron chi connectivity index (χ1n) is 9.37. The van der Waals surface area contributed by atoms with Crippen molar-refractivity contribution in [2.45, 2.75) is 38.0 Å². The minimum absolute atomic E-state index is 0.00714. The largest absolute Gasteiger partial charge is 0.493 e. The Morgan fingerprint density at radius 3 is 2.69 bits per heavy atom. The molecule has 8 heteroatoms. The maximum atomic E-state index is 13.5. The first-order chi connectivity index (χ1) is 13.8. The predicted octanol–water partition coefficient (Wildman–Crippen LogP) is 3.09. The lowest BCUT2D eigenvalue weighted by molar-refractivity contribution is -0.120. The number of nitrogens with one attached hydrogen (secondary N) is 2. The minimum atomic E-state index is -0.945. The molecular formula is C21H23F2IN2O3.